The summed E-state index contributed by atoms with van der Waals surface area (Å²) in [6.45, 7) is 1.52. The van der Waals surface area contributed by atoms with E-state index >= 15 is 0 Å². The van der Waals surface area contributed by atoms with Gasteiger partial charge in [-0.25, -0.2) is 14.1 Å². The molecule has 7 nitrogen and oxygen atoms in total. The topological polar surface area (TPSA) is 80.1 Å². The summed E-state index contributed by atoms with van der Waals surface area (Å²) in [5.41, 5.74) is 1.20. The number of benzene rings is 2. The number of likely N-dealkylation sites (N-methyl/N-ethyl adjacent to an activating group) is 1. The highest BCUT2D eigenvalue weighted by Crippen LogP contribution is 2.21. The molecule has 0 bridgehead atoms. The first-order valence-corrected chi connectivity index (χ1v) is 9.14. The van der Waals surface area contributed by atoms with Crippen molar-refractivity contribution in [2.45, 2.75) is 6.92 Å². The van der Waals surface area contributed by atoms with Gasteiger partial charge in [-0.15, -0.1) is 5.10 Å². The van der Waals surface area contributed by atoms with Gasteiger partial charge in [0.2, 0.25) is 11.7 Å². The predicted octanol–water partition coefficient (Wildman–Crippen LogP) is 3.19. The first-order chi connectivity index (χ1) is 13.3. The van der Waals surface area contributed by atoms with Gasteiger partial charge >= 0.3 is 0 Å². The zero-order valence-corrected chi connectivity index (χ0v) is 16.8. The number of para-hydroxylation sites is 1. The summed E-state index contributed by atoms with van der Waals surface area (Å²) in [5, 5.41) is 6.92. The zero-order valence-electron chi connectivity index (χ0n) is 15.2. The molecule has 0 spiro atoms. The Labute approximate surface area is 169 Å². The molecule has 3 aromatic rings. The lowest BCUT2D eigenvalue weighted by atomic mass is 10.3. The molecule has 0 atom stereocenters. The second-order valence-electron chi connectivity index (χ2n) is 6.06. The normalized spacial score (nSPS) is 10.6. The van der Waals surface area contributed by atoms with Gasteiger partial charge in [0, 0.05) is 11.5 Å². The molecule has 144 valence electrons. The van der Waals surface area contributed by atoms with Crippen LogP contribution in [-0.2, 0) is 4.79 Å². The highest BCUT2D eigenvalue weighted by atomic mass is 79.9. The third kappa shape index (κ3) is 4.42. The Morgan fingerprint density at radius 1 is 1.18 bits per heavy atom. The van der Waals surface area contributed by atoms with E-state index in [-0.39, 0.29) is 24.1 Å². The van der Waals surface area contributed by atoms with Crippen LogP contribution >= 0.6 is 15.9 Å². The van der Waals surface area contributed by atoms with E-state index in [1.54, 1.807) is 37.3 Å². The van der Waals surface area contributed by atoms with Gasteiger partial charge in [-0.2, -0.15) is 0 Å². The molecule has 1 heterocycles. The van der Waals surface area contributed by atoms with Crippen LogP contribution in [0.4, 0.5) is 10.1 Å². The number of aromatic nitrogens is 3. The fourth-order valence-electron chi connectivity index (χ4n) is 2.52. The number of amides is 2. The number of aryl methyl sites for hydroxylation is 1. The number of hydrogen-bond donors (Lipinski definition) is 1. The quantitative estimate of drug-likeness (QED) is 0.653. The second-order valence-corrected chi connectivity index (χ2v) is 6.91. The lowest BCUT2D eigenvalue weighted by Crippen LogP contribution is -2.35. The van der Waals surface area contributed by atoms with Gasteiger partial charge in [-0.05, 0) is 59.3 Å². The van der Waals surface area contributed by atoms with Crippen LogP contribution in [0.3, 0.4) is 0 Å². The molecular weight excluding hydrogens is 429 g/mol. The van der Waals surface area contributed by atoms with Crippen molar-refractivity contribution in [3.63, 3.8) is 0 Å². The van der Waals surface area contributed by atoms with E-state index in [9.17, 15) is 14.0 Å². The smallest absolute Gasteiger partial charge is 0.293 e. The lowest BCUT2D eigenvalue weighted by molar-refractivity contribution is -0.116. The van der Waals surface area contributed by atoms with E-state index < -0.39 is 5.91 Å². The monoisotopic (exact) mass is 445 g/mol. The lowest BCUT2D eigenvalue weighted by Gasteiger charge is -2.15. The fraction of sp³-hybridized carbons (Fsp3) is 0.158. The average Bonchev–Trinajstić information content (AvgIpc) is 3.05. The van der Waals surface area contributed by atoms with E-state index in [1.165, 1.54) is 28.8 Å². The molecule has 0 aliphatic heterocycles. The minimum Gasteiger partial charge on any atom is -0.330 e. The number of rotatable bonds is 5. The molecule has 1 N–H and O–H groups in total. The predicted molar refractivity (Wildman–Crippen MR) is 106 cm³/mol. The summed E-state index contributed by atoms with van der Waals surface area (Å²) in [7, 11) is 1.50. The van der Waals surface area contributed by atoms with E-state index in [1.807, 2.05) is 6.07 Å². The first-order valence-electron chi connectivity index (χ1n) is 8.34. The highest BCUT2D eigenvalue weighted by molar-refractivity contribution is 9.10. The summed E-state index contributed by atoms with van der Waals surface area (Å²) in [6, 6.07) is 12.9. The molecule has 0 fully saturated rings. The maximum absolute atomic E-state index is 13.1. The summed E-state index contributed by atoms with van der Waals surface area (Å²) in [6.07, 6.45) is 0. The maximum Gasteiger partial charge on any atom is 0.293 e. The van der Waals surface area contributed by atoms with E-state index in [2.05, 4.69) is 31.3 Å². The first kappa shape index (κ1) is 19.7. The second kappa shape index (κ2) is 8.30. The number of hydrogen-bond acceptors (Lipinski definition) is 4. The van der Waals surface area contributed by atoms with Crippen LogP contribution in [0.5, 0.6) is 0 Å². The van der Waals surface area contributed by atoms with Crippen LogP contribution in [0.2, 0.25) is 0 Å². The number of halogens is 2. The number of nitrogens with zero attached hydrogens (tertiary/aromatic N) is 4. The summed E-state index contributed by atoms with van der Waals surface area (Å²) >= 11 is 3.35. The molecule has 1 aromatic heterocycles. The number of nitrogens with one attached hydrogen (secondary N) is 1. The standard InChI is InChI=1S/C19H17BrFN5O2/c1-12-22-18(24-26(12)14-9-7-13(21)8-10-14)19(28)25(2)11-17(27)23-16-6-4-3-5-15(16)20/h3-10H,11H2,1-2H3,(H,23,27). The molecule has 0 saturated carbocycles. The van der Waals surface area contributed by atoms with Crippen molar-refractivity contribution < 1.29 is 14.0 Å². The molecule has 2 aromatic carbocycles. The third-order valence-corrected chi connectivity index (χ3v) is 4.60. The maximum atomic E-state index is 13.1. The number of anilines is 1. The van der Waals surface area contributed by atoms with Crippen molar-refractivity contribution in [1.29, 1.82) is 0 Å². The molecule has 2 amide bonds. The molecule has 0 radical (unpaired) electrons. The molecular formula is C19H17BrFN5O2. The Hall–Kier alpha value is -3.07. The van der Waals surface area contributed by atoms with Gasteiger partial charge in [-0.1, -0.05) is 12.1 Å². The van der Waals surface area contributed by atoms with Crippen molar-refractivity contribution >= 4 is 33.4 Å². The number of carbonyl (C=O) groups is 2. The third-order valence-electron chi connectivity index (χ3n) is 3.91. The number of carbonyl (C=O) groups excluding carboxylic acids is 2. The molecule has 0 saturated heterocycles. The fourth-order valence-corrected chi connectivity index (χ4v) is 2.90. The van der Waals surface area contributed by atoms with Gasteiger partial charge < -0.3 is 10.2 Å². The Morgan fingerprint density at radius 2 is 1.86 bits per heavy atom. The Morgan fingerprint density at radius 3 is 2.54 bits per heavy atom. The van der Waals surface area contributed by atoms with Gasteiger partial charge in [-0.3, -0.25) is 9.59 Å². The minimum atomic E-state index is -0.494. The van der Waals surface area contributed by atoms with Crippen molar-refractivity contribution in [2.24, 2.45) is 0 Å². The van der Waals surface area contributed by atoms with E-state index in [4.69, 9.17) is 0 Å². The molecule has 0 unspecified atom stereocenters. The highest BCUT2D eigenvalue weighted by Gasteiger charge is 2.21. The molecule has 0 aliphatic carbocycles. The average molecular weight is 446 g/mol. The molecule has 9 heteroatoms. The van der Waals surface area contributed by atoms with Crippen LogP contribution in [-0.4, -0.2) is 45.1 Å². The van der Waals surface area contributed by atoms with Gasteiger partial charge in [0.1, 0.15) is 11.6 Å². The summed E-state index contributed by atoms with van der Waals surface area (Å²) < 4.78 is 15.3. The summed E-state index contributed by atoms with van der Waals surface area (Å²) in [5.74, 6) is -0.781. The Balaban J connectivity index is 1.69. The van der Waals surface area contributed by atoms with E-state index in [0.717, 1.165) is 4.47 Å². The van der Waals surface area contributed by atoms with Crippen molar-refractivity contribution in [3.8, 4) is 5.69 Å². The molecule has 3 rings (SSSR count). The van der Waals surface area contributed by atoms with Gasteiger partial charge in [0.25, 0.3) is 5.91 Å². The largest absolute Gasteiger partial charge is 0.330 e. The van der Waals surface area contributed by atoms with Crippen molar-refractivity contribution in [2.75, 3.05) is 18.9 Å². The Bertz CT molecular complexity index is 1020. The van der Waals surface area contributed by atoms with E-state index in [0.29, 0.717) is 17.2 Å². The molecule has 0 aliphatic rings. The summed E-state index contributed by atoms with van der Waals surface area (Å²) in [4.78, 5) is 30.2. The minimum absolute atomic E-state index is 0.0435. The van der Waals surface area contributed by atoms with Crippen LogP contribution in [0.25, 0.3) is 5.69 Å². The van der Waals surface area contributed by atoms with Gasteiger partial charge in [0.05, 0.1) is 17.9 Å². The Kier molecular flexibility index (Phi) is 5.84. The zero-order chi connectivity index (χ0) is 20.3. The van der Waals surface area contributed by atoms with Gasteiger partial charge in [0.15, 0.2) is 0 Å². The van der Waals surface area contributed by atoms with Crippen LogP contribution < -0.4 is 5.32 Å². The molecule has 28 heavy (non-hydrogen) atoms. The van der Waals surface area contributed by atoms with Crippen LogP contribution in [0.15, 0.2) is 53.0 Å². The van der Waals surface area contributed by atoms with Crippen LogP contribution in [0, 0.1) is 12.7 Å². The van der Waals surface area contributed by atoms with Crippen molar-refractivity contribution in [3.05, 3.63) is 70.5 Å². The SMILES string of the molecule is Cc1nc(C(=O)N(C)CC(=O)Nc2ccccc2Br)nn1-c1ccc(F)cc1. The van der Waals surface area contributed by atoms with Crippen molar-refractivity contribution in [1.82, 2.24) is 19.7 Å². The van der Waals surface area contributed by atoms with Crippen LogP contribution in [0.1, 0.15) is 16.4 Å².